The molecule has 0 heterocycles. The fraction of sp³-hybridized carbons (Fsp3) is 1.00. The molecule has 0 radical (unpaired) electrons. The highest BCUT2D eigenvalue weighted by molar-refractivity contribution is 4.90. The van der Waals surface area contributed by atoms with Gasteiger partial charge in [-0.3, -0.25) is 0 Å². The predicted molar refractivity (Wildman–Crippen MR) is 114 cm³/mol. The van der Waals surface area contributed by atoms with Crippen molar-refractivity contribution < 1.29 is 9.84 Å². The number of aliphatic hydroxyl groups is 1. The molecular formula is C25H46O2. The lowest BCUT2D eigenvalue weighted by Crippen LogP contribution is -2.39. The Hall–Kier alpha value is -0.0800. The number of ether oxygens (including phenoxy) is 1. The molecule has 0 aromatic carbocycles. The van der Waals surface area contributed by atoms with Gasteiger partial charge in [0.2, 0.25) is 0 Å². The van der Waals surface area contributed by atoms with E-state index in [-0.39, 0.29) is 0 Å². The summed E-state index contributed by atoms with van der Waals surface area (Å²) in [6.45, 7) is 8.61. The van der Waals surface area contributed by atoms with Gasteiger partial charge in [0, 0.05) is 13.2 Å². The highest BCUT2D eigenvalue weighted by atomic mass is 16.5. The van der Waals surface area contributed by atoms with Crippen molar-refractivity contribution in [1.82, 2.24) is 0 Å². The minimum atomic E-state index is 0.404. The monoisotopic (exact) mass is 378 g/mol. The van der Waals surface area contributed by atoms with Gasteiger partial charge in [-0.15, -0.1) is 0 Å². The van der Waals surface area contributed by atoms with Crippen molar-refractivity contribution in [1.29, 1.82) is 0 Å². The van der Waals surface area contributed by atoms with Crippen LogP contribution in [0.1, 0.15) is 97.8 Å². The van der Waals surface area contributed by atoms with Crippen LogP contribution in [0.2, 0.25) is 0 Å². The van der Waals surface area contributed by atoms with E-state index in [0.717, 1.165) is 42.1 Å². The summed E-state index contributed by atoms with van der Waals surface area (Å²) in [5.41, 5.74) is 0. The molecule has 0 spiro atoms. The van der Waals surface area contributed by atoms with Gasteiger partial charge in [-0.1, -0.05) is 46.5 Å². The van der Waals surface area contributed by atoms with Crippen LogP contribution in [-0.4, -0.2) is 24.4 Å². The lowest BCUT2D eigenvalue weighted by atomic mass is 9.61. The van der Waals surface area contributed by atoms with Crippen LogP contribution in [0.15, 0.2) is 0 Å². The van der Waals surface area contributed by atoms with Gasteiger partial charge in [0.15, 0.2) is 0 Å². The van der Waals surface area contributed by atoms with Gasteiger partial charge in [-0.05, 0) is 92.8 Å². The van der Waals surface area contributed by atoms with Crippen LogP contribution < -0.4 is 0 Å². The lowest BCUT2D eigenvalue weighted by molar-refractivity contribution is -0.0467. The van der Waals surface area contributed by atoms with E-state index in [1.165, 1.54) is 77.0 Å². The first kappa shape index (κ1) is 21.6. The van der Waals surface area contributed by atoms with Gasteiger partial charge < -0.3 is 9.84 Å². The third kappa shape index (κ3) is 5.72. The van der Waals surface area contributed by atoms with E-state index in [9.17, 15) is 5.11 Å². The maximum atomic E-state index is 9.60. The molecule has 27 heavy (non-hydrogen) atoms. The van der Waals surface area contributed by atoms with Crippen molar-refractivity contribution in [2.75, 3.05) is 13.2 Å². The summed E-state index contributed by atoms with van der Waals surface area (Å²) >= 11 is 0. The van der Waals surface area contributed by atoms with Crippen molar-refractivity contribution in [3.05, 3.63) is 0 Å². The Labute approximate surface area is 168 Å². The summed E-state index contributed by atoms with van der Waals surface area (Å²) in [4.78, 5) is 0. The topological polar surface area (TPSA) is 29.5 Å². The molecule has 3 saturated carbocycles. The molecule has 0 aromatic rings. The standard InChI is InChI=1S/C25H46O2/c1-4-21-14-20(16-26)10-12-24(21)25-13-11-23(15-22(25)5-2)27-17-19-8-6-18(3)7-9-19/h18-26H,4-17H2,1-3H3. The molecule has 0 saturated heterocycles. The van der Waals surface area contributed by atoms with E-state index in [0.29, 0.717) is 18.6 Å². The first-order valence-electron chi connectivity index (χ1n) is 12.4. The van der Waals surface area contributed by atoms with Crippen LogP contribution in [0, 0.1) is 41.4 Å². The second kappa shape index (κ2) is 10.6. The van der Waals surface area contributed by atoms with Crippen LogP contribution in [0.25, 0.3) is 0 Å². The maximum Gasteiger partial charge on any atom is 0.0578 e. The Morgan fingerprint density at radius 2 is 1.33 bits per heavy atom. The Kier molecular flexibility index (Phi) is 8.51. The van der Waals surface area contributed by atoms with E-state index in [4.69, 9.17) is 4.74 Å². The van der Waals surface area contributed by atoms with E-state index >= 15 is 0 Å². The smallest absolute Gasteiger partial charge is 0.0578 e. The SMILES string of the molecule is CCC1CC(CO)CCC1C1CCC(OCC2CCC(C)CC2)CC1CC. The van der Waals surface area contributed by atoms with Gasteiger partial charge in [0.25, 0.3) is 0 Å². The Morgan fingerprint density at radius 1 is 0.741 bits per heavy atom. The zero-order valence-electron chi connectivity index (χ0n) is 18.4. The van der Waals surface area contributed by atoms with Crippen LogP contribution in [0.5, 0.6) is 0 Å². The molecule has 6 atom stereocenters. The van der Waals surface area contributed by atoms with Crippen molar-refractivity contribution in [3.8, 4) is 0 Å². The van der Waals surface area contributed by atoms with Gasteiger partial charge in [-0.2, -0.15) is 0 Å². The van der Waals surface area contributed by atoms with Crippen molar-refractivity contribution >= 4 is 0 Å². The second-order valence-corrected chi connectivity index (χ2v) is 10.4. The third-order valence-corrected chi connectivity index (χ3v) is 8.70. The molecule has 0 bridgehead atoms. The molecular weight excluding hydrogens is 332 g/mol. The first-order valence-corrected chi connectivity index (χ1v) is 12.4. The fourth-order valence-electron chi connectivity index (χ4n) is 6.78. The molecule has 2 heteroatoms. The lowest BCUT2D eigenvalue weighted by Gasteiger charge is -2.46. The zero-order chi connectivity index (χ0) is 19.2. The van der Waals surface area contributed by atoms with Crippen LogP contribution in [-0.2, 0) is 4.74 Å². The quantitative estimate of drug-likeness (QED) is 0.551. The summed E-state index contributed by atoms with van der Waals surface area (Å²) in [7, 11) is 0. The Bertz CT molecular complexity index is 415. The third-order valence-electron chi connectivity index (χ3n) is 8.70. The maximum absolute atomic E-state index is 9.60. The normalized spacial score (nSPS) is 43.6. The predicted octanol–water partition coefficient (Wildman–Crippen LogP) is 6.46. The van der Waals surface area contributed by atoms with Crippen LogP contribution in [0.4, 0.5) is 0 Å². The molecule has 3 aliphatic carbocycles. The molecule has 6 unspecified atom stereocenters. The molecule has 0 aliphatic heterocycles. The van der Waals surface area contributed by atoms with Crippen LogP contribution >= 0.6 is 0 Å². The average molecular weight is 379 g/mol. The summed E-state index contributed by atoms with van der Waals surface area (Å²) in [5.74, 6) is 5.87. The Balaban J connectivity index is 1.49. The summed E-state index contributed by atoms with van der Waals surface area (Å²) < 4.78 is 6.48. The first-order chi connectivity index (χ1) is 13.1. The molecule has 158 valence electrons. The van der Waals surface area contributed by atoms with E-state index < -0.39 is 0 Å². The molecule has 3 fully saturated rings. The minimum Gasteiger partial charge on any atom is -0.396 e. The molecule has 3 rings (SSSR count). The van der Waals surface area contributed by atoms with Crippen LogP contribution in [0.3, 0.4) is 0 Å². The molecule has 0 amide bonds. The number of hydrogen-bond acceptors (Lipinski definition) is 2. The minimum absolute atomic E-state index is 0.404. The van der Waals surface area contributed by atoms with Gasteiger partial charge >= 0.3 is 0 Å². The zero-order valence-corrected chi connectivity index (χ0v) is 18.4. The second-order valence-electron chi connectivity index (χ2n) is 10.4. The van der Waals surface area contributed by atoms with Gasteiger partial charge in [-0.25, -0.2) is 0 Å². The van der Waals surface area contributed by atoms with Gasteiger partial charge in [0.05, 0.1) is 6.10 Å². The number of rotatable bonds is 7. The summed E-state index contributed by atoms with van der Waals surface area (Å²) in [6.07, 6.45) is 16.6. The molecule has 0 aromatic heterocycles. The van der Waals surface area contributed by atoms with Gasteiger partial charge in [0.1, 0.15) is 0 Å². The fourth-order valence-corrected chi connectivity index (χ4v) is 6.78. The van der Waals surface area contributed by atoms with E-state index in [2.05, 4.69) is 20.8 Å². The van der Waals surface area contributed by atoms with Crippen molar-refractivity contribution in [2.24, 2.45) is 41.4 Å². The summed E-state index contributed by atoms with van der Waals surface area (Å²) in [6, 6.07) is 0. The highest BCUT2D eigenvalue weighted by Gasteiger charge is 2.40. The van der Waals surface area contributed by atoms with Crippen molar-refractivity contribution in [3.63, 3.8) is 0 Å². The molecule has 3 aliphatic rings. The molecule has 1 N–H and O–H groups in total. The van der Waals surface area contributed by atoms with E-state index in [1.54, 1.807) is 0 Å². The molecule has 2 nitrogen and oxygen atoms in total. The number of aliphatic hydroxyl groups excluding tert-OH is 1. The van der Waals surface area contributed by atoms with E-state index in [1.807, 2.05) is 0 Å². The highest BCUT2D eigenvalue weighted by Crippen LogP contribution is 2.48. The Morgan fingerprint density at radius 3 is 1.96 bits per heavy atom. The number of hydrogen-bond donors (Lipinski definition) is 1. The largest absolute Gasteiger partial charge is 0.396 e. The summed E-state index contributed by atoms with van der Waals surface area (Å²) in [5, 5.41) is 9.60. The van der Waals surface area contributed by atoms with Crippen molar-refractivity contribution in [2.45, 2.75) is 104 Å². The average Bonchev–Trinajstić information content (AvgIpc) is 2.72.